The molecule has 0 unspecified atom stereocenters. The van der Waals surface area contributed by atoms with Gasteiger partial charge in [0.25, 0.3) is 0 Å². The molecule has 0 spiro atoms. The molecule has 2 aromatic carbocycles. The number of benzene rings is 2. The van der Waals surface area contributed by atoms with Crippen molar-refractivity contribution in [1.82, 2.24) is 9.55 Å². The first-order valence-corrected chi connectivity index (χ1v) is 6.97. The molecule has 0 radical (unpaired) electrons. The smallest absolute Gasteiger partial charge is 0.141 e. The highest BCUT2D eigenvalue weighted by Gasteiger charge is 2.17. The Morgan fingerprint density at radius 1 is 0.895 bits per heavy atom. The Bertz CT molecular complexity index is 726. The van der Waals surface area contributed by atoms with E-state index in [2.05, 4.69) is 53.1 Å². The minimum absolute atomic E-state index is 1.08. The number of aryl methyl sites for hydroxylation is 2. The Morgan fingerprint density at radius 2 is 1.79 bits per heavy atom. The maximum Gasteiger partial charge on any atom is 0.141 e. The molecule has 2 nitrogen and oxygen atoms in total. The minimum Gasteiger partial charge on any atom is -0.324 e. The maximum absolute atomic E-state index is 4.86. The zero-order chi connectivity index (χ0) is 12.7. The first-order valence-electron chi connectivity index (χ1n) is 6.97. The van der Waals surface area contributed by atoms with Crippen molar-refractivity contribution in [2.75, 3.05) is 0 Å². The fourth-order valence-electron chi connectivity index (χ4n) is 3.07. The molecule has 0 bridgehead atoms. The zero-order valence-corrected chi connectivity index (χ0v) is 10.8. The Balaban J connectivity index is 2.04. The molecule has 0 saturated heterocycles. The summed E-state index contributed by atoms with van der Waals surface area (Å²) >= 11 is 0. The molecule has 0 N–H and O–H groups in total. The van der Waals surface area contributed by atoms with Gasteiger partial charge in [0.15, 0.2) is 0 Å². The number of para-hydroxylation sites is 1. The highest BCUT2D eigenvalue weighted by atomic mass is 15.1. The van der Waals surface area contributed by atoms with Crippen LogP contribution >= 0.6 is 0 Å². The number of hydrogen-bond acceptors (Lipinski definition) is 1. The van der Waals surface area contributed by atoms with Crippen LogP contribution in [-0.2, 0) is 13.0 Å². The van der Waals surface area contributed by atoms with E-state index in [0.717, 1.165) is 17.9 Å². The Kier molecular flexibility index (Phi) is 2.41. The summed E-state index contributed by atoms with van der Waals surface area (Å²) in [4.78, 5) is 4.86. The number of imidazole rings is 1. The Morgan fingerprint density at radius 3 is 2.68 bits per heavy atom. The lowest BCUT2D eigenvalue weighted by atomic mass is 10.1. The molecule has 0 amide bonds. The second kappa shape index (κ2) is 4.23. The molecule has 19 heavy (non-hydrogen) atoms. The molecule has 2 heterocycles. The van der Waals surface area contributed by atoms with Crippen LogP contribution in [0.25, 0.3) is 22.4 Å². The van der Waals surface area contributed by atoms with Crippen LogP contribution in [0.3, 0.4) is 0 Å². The lowest BCUT2D eigenvalue weighted by molar-refractivity contribution is 0.645. The molecule has 1 aliphatic heterocycles. The summed E-state index contributed by atoms with van der Waals surface area (Å²) in [5.41, 5.74) is 5.15. The fourth-order valence-corrected chi connectivity index (χ4v) is 3.07. The van der Waals surface area contributed by atoms with Gasteiger partial charge in [-0.2, -0.15) is 0 Å². The van der Waals surface area contributed by atoms with Crippen LogP contribution < -0.4 is 0 Å². The second-order valence-electron chi connectivity index (χ2n) is 5.20. The van der Waals surface area contributed by atoms with Crippen molar-refractivity contribution in [1.29, 1.82) is 0 Å². The molecular formula is C17H16N2. The second-order valence-corrected chi connectivity index (χ2v) is 5.20. The summed E-state index contributed by atoms with van der Waals surface area (Å²) in [6.45, 7) is 1.08. The van der Waals surface area contributed by atoms with Crippen molar-refractivity contribution >= 4 is 11.0 Å². The SMILES string of the molecule is c1ccc(-c2nc3cccc4c3n2CCCC4)cc1. The van der Waals surface area contributed by atoms with Gasteiger partial charge in [-0.1, -0.05) is 42.5 Å². The maximum atomic E-state index is 4.86. The molecule has 2 heteroatoms. The highest BCUT2D eigenvalue weighted by molar-refractivity contribution is 5.83. The number of rotatable bonds is 1. The van der Waals surface area contributed by atoms with Crippen LogP contribution in [-0.4, -0.2) is 9.55 Å². The molecule has 94 valence electrons. The molecule has 1 aromatic heterocycles. The van der Waals surface area contributed by atoms with Gasteiger partial charge >= 0.3 is 0 Å². The van der Waals surface area contributed by atoms with E-state index in [9.17, 15) is 0 Å². The predicted octanol–water partition coefficient (Wildman–Crippen LogP) is 4.04. The molecule has 0 atom stereocenters. The fraction of sp³-hybridized carbons (Fsp3) is 0.235. The third-order valence-corrected chi connectivity index (χ3v) is 3.96. The molecular weight excluding hydrogens is 232 g/mol. The molecule has 3 aromatic rings. The van der Waals surface area contributed by atoms with E-state index in [1.807, 2.05) is 0 Å². The lowest BCUT2D eigenvalue weighted by Gasteiger charge is -2.07. The molecule has 4 rings (SSSR count). The Hall–Kier alpha value is -2.09. The zero-order valence-electron chi connectivity index (χ0n) is 10.8. The van der Waals surface area contributed by atoms with Crippen LogP contribution in [0.2, 0.25) is 0 Å². The van der Waals surface area contributed by atoms with Gasteiger partial charge in [0.2, 0.25) is 0 Å². The van der Waals surface area contributed by atoms with Crippen molar-refractivity contribution in [3.63, 3.8) is 0 Å². The van der Waals surface area contributed by atoms with E-state index in [1.165, 1.54) is 35.9 Å². The summed E-state index contributed by atoms with van der Waals surface area (Å²) in [7, 11) is 0. The molecule has 0 saturated carbocycles. The van der Waals surface area contributed by atoms with Gasteiger partial charge in [-0.25, -0.2) is 4.98 Å². The normalized spacial score (nSPS) is 14.5. The monoisotopic (exact) mass is 248 g/mol. The standard InChI is InChI=1S/C17H16N2/c1-2-8-14(9-3-1)17-18-15-11-6-10-13-7-4-5-12-19(17)16(13)15/h1-3,6,8-11H,4-5,7,12H2. The van der Waals surface area contributed by atoms with Crippen molar-refractivity contribution in [2.45, 2.75) is 25.8 Å². The molecule has 0 aliphatic carbocycles. The van der Waals surface area contributed by atoms with Crippen molar-refractivity contribution < 1.29 is 0 Å². The predicted molar refractivity (Wildman–Crippen MR) is 78.1 cm³/mol. The summed E-state index contributed by atoms with van der Waals surface area (Å²) in [6, 6.07) is 17.0. The number of hydrogen-bond donors (Lipinski definition) is 0. The van der Waals surface area contributed by atoms with Gasteiger partial charge in [0.1, 0.15) is 5.82 Å². The summed E-state index contributed by atoms with van der Waals surface area (Å²) in [5, 5.41) is 0. The van der Waals surface area contributed by atoms with Gasteiger partial charge < -0.3 is 4.57 Å². The van der Waals surface area contributed by atoms with E-state index >= 15 is 0 Å². The highest BCUT2D eigenvalue weighted by Crippen LogP contribution is 2.30. The third kappa shape index (κ3) is 1.67. The Labute approximate surface area is 112 Å². The molecule has 0 fully saturated rings. The van der Waals surface area contributed by atoms with E-state index in [0.29, 0.717) is 0 Å². The van der Waals surface area contributed by atoms with Gasteiger partial charge in [-0.15, -0.1) is 0 Å². The average molecular weight is 248 g/mol. The van der Waals surface area contributed by atoms with Gasteiger partial charge in [0, 0.05) is 12.1 Å². The summed E-state index contributed by atoms with van der Waals surface area (Å²) < 4.78 is 2.41. The van der Waals surface area contributed by atoms with Gasteiger partial charge in [-0.05, 0) is 30.9 Å². The van der Waals surface area contributed by atoms with Gasteiger partial charge in [0.05, 0.1) is 11.0 Å². The quantitative estimate of drug-likeness (QED) is 0.635. The van der Waals surface area contributed by atoms with E-state index in [1.54, 1.807) is 0 Å². The molecule has 1 aliphatic rings. The number of nitrogens with zero attached hydrogens (tertiary/aromatic N) is 2. The van der Waals surface area contributed by atoms with E-state index in [4.69, 9.17) is 4.98 Å². The van der Waals surface area contributed by atoms with Crippen LogP contribution in [0.1, 0.15) is 18.4 Å². The minimum atomic E-state index is 1.08. The van der Waals surface area contributed by atoms with E-state index < -0.39 is 0 Å². The van der Waals surface area contributed by atoms with Crippen LogP contribution in [0.4, 0.5) is 0 Å². The van der Waals surface area contributed by atoms with Crippen LogP contribution in [0.5, 0.6) is 0 Å². The topological polar surface area (TPSA) is 17.8 Å². The van der Waals surface area contributed by atoms with Crippen molar-refractivity contribution in [2.24, 2.45) is 0 Å². The number of aromatic nitrogens is 2. The lowest BCUT2D eigenvalue weighted by Crippen LogP contribution is -1.99. The van der Waals surface area contributed by atoms with E-state index in [-0.39, 0.29) is 0 Å². The van der Waals surface area contributed by atoms with Crippen molar-refractivity contribution in [3.05, 3.63) is 54.1 Å². The summed E-state index contributed by atoms with van der Waals surface area (Å²) in [6.07, 6.45) is 3.69. The third-order valence-electron chi connectivity index (χ3n) is 3.96. The first kappa shape index (κ1) is 10.8. The van der Waals surface area contributed by atoms with Gasteiger partial charge in [-0.3, -0.25) is 0 Å². The van der Waals surface area contributed by atoms with Crippen LogP contribution in [0.15, 0.2) is 48.5 Å². The van der Waals surface area contributed by atoms with Crippen LogP contribution in [0, 0.1) is 0 Å². The van der Waals surface area contributed by atoms with Crippen molar-refractivity contribution in [3.8, 4) is 11.4 Å². The largest absolute Gasteiger partial charge is 0.324 e. The summed E-state index contributed by atoms with van der Waals surface area (Å²) in [5.74, 6) is 1.12. The first-order chi connectivity index (χ1) is 9.43. The average Bonchev–Trinajstić information content (AvgIpc) is 2.69.